The third-order valence-corrected chi connectivity index (χ3v) is 4.75. The van der Waals surface area contributed by atoms with E-state index in [1.54, 1.807) is 30.3 Å². The van der Waals surface area contributed by atoms with E-state index in [0.29, 0.717) is 5.56 Å². The van der Waals surface area contributed by atoms with Crippen LogP contribution in [0.5, 0.6) is 0 Å². The molecule has 2 aliphatic rings. The molecule has 0 saturated carbocycles. The number of nitrogens with zero attached hydrogens (tertiary/aromatic N) is 1. The molecule has 25 heavy (non-hydrogen) atoms. The van der Waals surface area contributed by atoms with Gasteiger partial charge in [0, 0.05) is 7.05 Å². The number of ether oxygens (including phenoxy) is 3. The van der Waals surface area contributed by atoms with E-state index in [0.717, 1.165) is 19.1 Å². The van der Waals surface area contributed by atoms with Crippen LogP contribution < -0.4 is 0 Å². The average Bonchev–Trinajstić information content (AvgIpc) is 3.12. The SMILES string of the molecule is COC(=O)C1(C(=O)OC)OC(c2ccccc2)C2C(=O)N(C)C(=O)C21. The van der Waals surface area contributed by atoms with Gasteiger partial charge in [0.25, 0.3) is 5.60 Å². The van der Waals surface area contributed by atoms with Crippen LogP contribution in [-0.2, 0) is 33.4 Å². The summed E-state index contributed by atoms with van der Waals surface area (Å²) in [5, 5.41) is 0. The van der Waals surface area contributed by atoms with Crippen LogP contribution in [0.25, 0.3) is 0 Å². The number of benzene rings is 1. The van der Waals surface area contributed by atoms with Gasteiger partial charge in [0.2, 0.25) is 11.8 Å². The number of amides is 2. The third kappa shape index (κ3) is 2.17. The van der Waals surface area contributed by atoms with E-state index in [1.807, 2.05) is 0 Å². The van der Waals surface area contributed by atoms with Crippen molar-refractivity contribution >= 4 is 23.8 Å². The van der Waals surface area contributed by atoms with E-state index in [9.17, 15) is 19.2 Å². The molecule has 2 fully saturated rings. The van der Waals surface area contributed by atoms with Crippen LogP contribution in [-0.4, -0.2) is 55.5 Å². The Bertz CT molecular complexity index is 729. The molecule has 1 aromatic rings. The summed E-state index contributed by atoms with van der Waals surface area (Å²) >= 11 is 0. The van der Waals surface area contributed by atoms with Crippen molar-refractivity contribution in [2.45, 2.75) is 11.7 Å². The van der Waals surface area contributed by atoms with Crippen molar-refractivity contribution in [3.63, 3.8) is 0 Å². The summed E-state index contributed by atoms with van der Waals surface area (Å²) in [6.45, 7) is 0. The lowest BCUT2D eigenvalue weighted by Crippen LogP contribution is -2.55. The first kappa shape index (κ1) is 17.1. The number of imide groups is 1. The van der Waals surface area contributed by atoms with Crippen molar-refractivity contribution in [3.05, 3.63) is 35.9 Å². The van der Waals surface area contributed by atoms with Crippen LogP contribution in [0, 0.1) is 11.8 Å². The monoisotopic (exact) mass is 347 g/mol. The van der Waals surface area contributed by atoms with Crippen molar-refractivity contribution < 1.29 is 33.4 Å². The number of hydrogen-bond donors (Lipinski definition) is 0. The zero-order valence-electron chi connectivity index (χ0n) is 13.9. The molecule has 8 nitrogen and oxygen atoms in total. The van der Waals surface area contributed by atoms with Crippen molar-refractivity contribution in [2.24, 2.45) is 11.8 Å². The van der Waals surface area contributed by atoms with Gasteiger partial charge in [-0.1, -0.05) is 30.3 Å². The summed E-state index contributed by atoms with van der Waals surface area (Å²) in [6, 6.07) is 8.63. The first-order chi connectivity index (χ1) is 11.9. The summed E-state index contributed by atoms with van der Waals surface area (Å²) in [4.78, 5) is 51.1. The minimum Gasteiger partial charge on any atom is -0.466 e. The smallest absolute Gasteiger partial charge is 0.350 e. The Balaban J connectivity index is 2.20. The molecular weight excluding hydrogens is 330 g/mol. The lowest BCUT2D eigenvalue weighted by Gasteiger charge is -2.28. The fraction of sp³-hybridized carbons (Fsp3) is 0.412. The van der Waals surface area contributed by atoms with Crippen LogP contribution in [0.15, 0.2) is 30.3 Å². The first-order valence-electron chi connectivity index (χ1n) is 7.61. The molecule has 132 valence electrons. The van der Waals surface area contributed by atoms with Crippen molar-refractivity contribution in [3.8, 4) is 0 Å². The third-order valence-electron chi connectivity index (χ3n) is 4.75. The van der Waals surface area contributed by atoms with Gasteiger partial charge >= 0.3 is 11.9 Å². The highest BCUT2D eigenvalue weighted by Crippen LogP contribution is 2.53. The normalized spacial score (nSPS) is 27.2. The van der Waals surface area contributed by atoms with Gasteiger partial charge < -0.3 is 14.2 Å². The summed E-state index contributed by atoms with van der Waals surface area (Å²) < 4.78 is 15.2. The summed E-state index contributed by atoms with van der Waals surface area (Å²) in [6.07, 6.45) is -0.953. The highest BCUT2D eigenvalue weighted by atomic mass is 16.6. The highest BCUT2D eigenvalue weighted by Gasteiger charge is 2.74. The number of fused-ring (bicyclic) bond motifs is 1. The predicted molar refractivity (Wildman–Crippen MR) is 81.8 cm³/mol. The molecule has 2 heterocycles. The largest absolute Gasteiger partial charge is 0.466 e. The minimum atomic E-state index is -2.31. The molecule has 2 aliphatic heterocycles. The van der Waals surface area contributed by atoms with Gasteiger partial charge in [-0.05, 0) is 5.56 Å². The van der Waals surface area contributed by atoms with Crippen molar-refractivity contribution in [2.75, 3.05) is 21.3 Å². The second kappa shape index (κ2) is 5.96. The summed E-state index contributed by atoms with van der Waals surface area (Å²) in [7, 11) is 3.46. The van der Waals surface area contributed by atoms with Gasteiger partial charge in [-0.15, -0.1) is 0 Å². The van der Waals surface area contributed by atoms with Crippen LogP contribution in [0.3, 0.4) is 0 Å². The van der Waals surface area contributed by atoms with Gasteiger partial charge in [-0.25, -0.2) is 9.59 Å². The van der Waals surface area contributed by atoms with E-state index in [2.05, 4.69) is 0 Å². The Kier molecular flexibility index (Phi) is 4.08. The molecule has 2 saturated heterocycles. The van der Waals surface area contributed by atoms with Crippen LogP contribution in [0.4, 0.5) is 0 Å². The van der Waals surface area contributed by atoms with Crippen molar-refractivity contribution in [1.82, 2.24) is 4.90 Å². The molecular formula is C17H17NO7. The molecule has 2 amide bonds. The van der Waals surface area contributed by atoms with Gasteiger partial charge in [0.1, 0.15) is 5.92 Å². The fourth-order valence-corrected chi connectivity index (χ4v) is 3.57. The summed E-state index contributed by atoms with van der Waals surface area (Å²) in [5.41, 5.74) is -1.74. The first-order valence-corrected chi connectivity index (χ1v) is 7.61. The molecule has 0 bridgehead atoms. The number of hydrogen-bond acceptors (Lipinski definition) is 7. The number of methoxy groups -OCH3 is 2. The molecule has 3 atom stereocenters. The molecule has 0 spiro atoms. The Labute approximate surface area is 143 Å². The molecule has 0 aliphatic carbocycles. The highest BCUT2D eigenvalue weighted by molar-refractivity contribution is 6.15. The number of esters is 2. The zero-order valence-corrected chi connectivity index (χ0v) is 13.9. The topological polar surface area (TPSA) is 99.2 Å². The second-order valence-corrected chi connectivity index (χ2v) is 5.91. The minimum absolute atomic E-state index is 0.515. The molecule has 8 heteroatoms. The number of carbonyl (C=O) groups is 4. The fourth-order valence-electron chi connectivity index (χ4n) is 3.57. The van der Waals surface area contributed by atoms with Gasteiger partial charge in [0.05, 0.1) is 26.2 Å². The zero-order chi connectivity index (χ0) is 18.4. The van der Waals surface area contributed by atoms with Gasteiger partial charge in [-0.3, -0.25) is 14.5 Å². The van der Waals surface area contributed by atoms with Gasteiger partial charge in [-0.2, -0.15) is 0 Å². The van der Waals surface area contributed by atoms with E-state index in [1.165, 1.54) is 7.05 Å². The summed E-state index contributed by atoms with van der Waals surface area (Å²) in [5.74, 6) is -5.68. The maximum Gasteiger partial charge on any atom is 0.350 e. The van der Waals surface area contributed by atoms with E-state index < -0.39 is 47.3 Å². The number of likely N-dealkylation sites (tertiary alicyclic amines) is 1. The molecule has 0 radical (unpaired) electrons. The number of carbonyl (C=O) groups excluding carboxylic acids is 4. The molecule has 0 aromatic heterocycles. The van der Waals surface area contributed by atoms with E-state index >= 15 is 0 Å². The lowest BCUT2D eigenvalue weighted by atomic mass is 9.79. The van der Waals surface area contributed by atoms with Crippen LogP contribution in [0.1, 0.15) is 11.7 Å². The standard InChI is InChI=1S/C17H17NO7/c1-18-13(19)10-11(14(18)20)17(15(21)23-2,16(22)24-3)25-12(10)9-7-5-4-6-8-9/h4-8,10-12H,1-3H3. The molecule has 3 rings (SSSR count). The predicted octanol–water partition coefficient (Wildman–Crippen LogP) is 0.0737. The number of rotatable bonds is 3. The maximum atomic E-state index is 12.6. The van der Waals surface area contributed by atoms with E-state index in [-0.39, 0.29) is 0 Å². The lowest BCUT2D eigenvalue weighted by molar-refractivity contribution is -0.192. The Hall–Kier alpha value is -2.74. The molecule has 0 N–H and O–H groups in total. The van der Waals surface area contributed by atoms with Crippen LogP contribution >= 0.6 is 0 Å². The van der Waals surface area contributed by atoms with Crippen molar-refractivity contribution in [1.29, 1.82) is 0 Å². The Morgan fingerprint density at radius 3 is 2.12 bits per heavy atom. The quantitative estimate of drug-likeness (QED) is 0.433. The van der Waals surface area contributed by atoms with E-state index in [4.69, 9.17) is 14.2 Å². The maximum absolute atomic E-state index is 12.6. The second-order valence-electron chi connectivity index (χ2n) is 5.91. The average molecular weight is 347 g/mol. The molecule has 3 unspecified atom stereocenters. The Morgan fingerprint density at radius 2 is 1.60 bits per heavy atom. The van der Waals surface area contributed by atoms with Gasteiger partial charge in [0.15, 0.2) is 0 Å². The van der Waals surface area contributed by atoms with Crippen LogP contribution in [0.2, 0.25) is 0 Å². The molecule has 1 aromatic carbocycles. The Morgan fingerprint density at radius 1 is 1.04 bits per heavy atom.